The van der Waals surface area contributed by atoms with Crippen molar-refractivity contribution in [2.45, 2.75) is 26.2 Å². The fraction of sp³-hybridized carbons (Fsp3) is 0.455. The molecule has 3 aliphatic rings. The number of hydrogen-bond donors (Lipinski definition) is 1. The fourth-order valence-corrected chi connectivity index (χ4v) is 3.91. The molecular weight excluding hydrogens is 329 g/mol. The van der Waals surface area contributed by atoms with Gasteiger partial charge in [-0.25, -0.2) is 4.39 Å². The first-order valence-corrected chi connectivity index (χ1v) is 9.41. The van der Waals surface area contributed by atoms with Crippen LogP contribution in [0.3, 0.4) is 0 Å². The molecule has 1 unspecified atom stereocenters. The SMILES string of the molecule is CC1C=C2OCC(CN3CCCC3)=C(c3ccc(F)cc3)C2=CC1.CO. The molecule has 1 saturated heterocycles. The zero-order valence-corrected chi connectivity index (χ0v) is 15.7. The molecule has 0 saturated carbocycles. The Morgan fingerprint density at radius 1 is 1.15 bits per heavy atom. The molecule has 0 amide bonds. The van der Waals surface area contributed by atoms with Crippen LogP contribution in [-0.4, -0.2) is 43.4 Å². The van der Waals surface area contributed by atoms with Crippen molar-refractivity contribution < 1.29 is 14.2 Å². The van der Waals surface area contributed by atoms with E-state index in [0.717, 1.165) is 31.4 Å². The first kappa shape index (κ1) is 18.9. The summed E-state index contributed by atoms with van der Waals surface area (Å²) in [6.07, 6.45) is 8.12. The van der Waals surface area contributed by atoms with E-state index in [0.29, 0.717) is 12.5 Å². The number of allylic oxidation sites excluding steroid dienone is 3. The summed E-state index contributed by atoms with van der Waals surface area (Å²) >= 11 is 0. The summed E-state index contributed by atoms with van der Waals surface area (Å²) in [5.74, 6) is 1.33. The molecule has 140 valence electrons. The lowest BCUT2D eigenvalue weighted by atomic mass is 9.85. The predicted octanol–water partition coefficient (Wildman–Crippen LogP) is 4.16. The summed E-state index contributed by atoms with van der Waals surface area (Å²) in [7, 11) is 1.00. The number of halogens is 1. The Morgan fingerprint density at radius 2 is 1.85 bits per heavy atom. The van der Waals surface area contributed by atoms with Gasteiger partial charge in [-0.2, -0.15) is 0 Å². The van der Waals surface area contributed by atoms with Crippen LogP contribution >= 0.6 is 0 Å². The van der Waals surface area contributed by atoms with E-state index in [1.54, 1.807) is 12.1 Å². The summed E-state index contributed by atoms with van der Waals surface area (Å²) in [4.78, 5) is 2.50. The summed E-state index contributed by atoms with van der Waals surface area (Å²) in [5.41, 5.74) is 4.87. The maximum atomic E-state index is 13.4. The highest BCUT2D eigenvalue weighted by atomic mass is 19.1. The van der Waals surface area contributed by atoms with E-state index in [4.69, 9.17) is 9.84 Å². The van der Waals surface area contributed by atoms with Gasteiger partial charge in [-0.1, -0.05) is 25.1 Å². The molecule has 1 aromatic rings. The highest BCUT2D eigenvalue weighted by Gasteiger charge is 2.28. The monoisotopic (exact) mass is 357 g/mol. The van der Waals surface area contributed by atoms with Gasteiger partial charge in [0.1, 0.15) is 18.2 Å². The molecule has 0 radical (unpaired) electrons. The quantitative estimate of drug-likeness (QED) is 0.881. The van der Waals surface area contributed by atoms with Gasteiger partial charge < -0.3 is 9.84 Å². The van der Waals surface area contributed by atoms with Gasteiger partial charge in [-0.05, 0) is 73.2 Å². The number of aliphatic hydroxyl groups is 1. The zero-order chi connectivity index (χ0) is 18.5. The second-order valence-electron chi connectivity index (χ2n) is 7.12. The number of hydrogen-bond acceptors (Lipinski definition) is 3. The number of rotatable bonds is 3. The zero-order valence-electron chi connectivity index (χ0n) is 15.7. The van der Waals surface area contributed by atoms with Crippen molar-refractivity contribution in [3.05, 3.63) is 64.7 Å². The van der Waals surface area contributed by atoms with Gasteiger partial charge in [0.05, 0.1) is 0 Å². The second kappa shape index (κ2) is 8.65. The number of aliphatic hydroxyl groups excluding tert-OH is 1. The number of ether oxygens (including phenoxy) is 1. The Kier molecular flexibility index (Phi) is 6.28. The molecule has 1 N–H and O–H groups in total. The number of fused-ring (bicyclic) bond motifs is 1. The summed E-state index contributed by atoms with van der Waals surface area (Å²) in [5, 5.41) is 7.00. The molecule has 2 aliphatic heterocycles. The van der Waals surface area contributed by atoms with Crippen LogP contribution in [0.1, 0.15) is 31.7 Å². The summed E-state index contributed by atoms with van der Waals surface area (Å²) < 4.78 is 19.5. The van der Waals surface area contributed by atoms with Crippen molar-refractivity contribution >= 4 is 5.57 Å². The normalized spacial score (nSPS) is 22.7. The summed E-state index contributed by atoms with van der Waals surface area (Å²) in [6, 6.07) is 6.91. The lowest BCUT2D eigenvalue weighted by molar-refractivity contribution is 0.226. The van der Waals surface area contributed by atoms with Crippen molar-refractivity contribution in [1.82, 2.24) is 4.90 Å². The highest BCUT2D eigenvalue weighted by molar-refractivity contribution is 5.86. The minimum Gasteiger partial charge on any atom is -0.489 e. The maximum Gasteiger partial charge on any atom is 0.123 e. The standard InChI is InChI=1S/C21H24FNO.CH4O/c1-15-4-9-19-20(12-15)24-14-17(13-23-10-2-3-11-23)21(19)16-5-7-18(22)8-6-16;1-2/h5-9,12,15H,2-4,10-11,13-14H2,1H3;2H,1H3. The van der Waals surface area contributed by atoms with Gasteiger partial charge in [-0.15, -0.1) is 0 Å². The molecule has 1 fully saturated rings. The molecule has 1 aromatic carbocycles. The number of benzene rings is 1. The lowest BCUT2D eigenvalue weighted by Gasteiger charge is -2.31. The van der Waals surface area contributed by atoms with Crippen LogP contribution < -0.4 is 0 Å². The van der Waals surface area contributed by atoms with Gasteiger partial charge in [0, 0.05) is 19.2 Å². The van der Waals surface area contributed by atoms with Crippen LogP contribution in [0, 0.1) is 11.7 Å². The molecule has 0 spiro atoms. The topological polar surface area (TPSA) is 32.7 Å². The van der Waals surface area contributed by atoms with Crippen LogP contribution in [0.25, 0.3) is 5.57 Å². The average molecular weight is 357 g/mol. The van der Waals surface area contributed by atoms with Crippen molar-refractivity contribution in [1.29, 1.82) is 0 Å². The third-order valence-corrected chi connectivity index (χ3v) is 5.17. The van der Waals surface area contributed by atoms with E-state index < -0.39 is 0 Å². The van der Waals surface area contributed by atoms with E-state index in [2.05, 4.69) is 24.0 Å². The van der Waals surface area contributed by atoms with Crippen molar-refractivity contribution in [3.63, 3.8) is 0 Å². The first-order chi connectivity index (χ1) is 12.7. The fourth-order valence-electron chi connectivity index (χ4n) is 3.91. The third-order valence-electron chi connectivity index (χ3n) is 5.17. The van der Waals surface area contributed by atoms with E-state index in [1.807, 2.05) is 12.1 Å². The smallest absolute Gasteiger partial charge is 0.123 e. The van der Waals surface area contributed by atoms with E-state index in [9.17, 15) is 4.39 Å². The lowest BCUT2D eigenvalue weighted by Crippen LogP contribution is -2.27. The molecule has 1 atom stereocenters. The van der Waals surface area contributed by atoms with E-state index in [-0.39, 0.29) is 5.82 Å². The number of likely N-dealkylation sites (tertiary alicyclic amines) is 1. The van der Waals surface area contributed by atoms with Gasteiger partial charge in [0.25, 0.3) is 0 Å². The third kappa shape index (κ3) is 4.08. The van der Waals surface area contributed by atoms with Gasteiger partial charge >= 0.3 is 0 Å². The molecule has 2 heterocycles. The Balaban J connectivity index is 0.000000948. The minimum absolute atomic E-state index is 0.186. The van der Waals surface area contributed by atoms with Crippen molar-refractivity contribution in [2.24, 2.45) is 5.92 Å². The van der Waals surface area contributed by atoms with Crippen molar-refractivity contribution in [3.8, 4) is 0 Å². The Labute approximate surface area is 155 Å². The number of nitrogens with zero attached hydrogens (tertiary/aromatic N) is 1. The molecule has 0 aromatic heterocycles. The Bertz CT molecular complexity index is 712. The minimum atomic E-state index is -0.186. The Morgan fingerprint density at radius 3 is 2.54 bits per heavy atom. The average Bonchev–Trinajstić information content (AvgIpc) is 3.17. The van der Waals surface area contributed by atoms with Crippen LogP contribution in [0.5, 0.6) is 0 Å². The van der Waals surface area contributed by atoms with Crippen LogP contribution in [-0.2, 0) is 4.74 Å². The molecule has 4 rings (SSSR count). The van der Waals surface area contributed by atoms with E-state index in [1.165, 1.54) is 42.7 Å². The molecule has 4 heteroatoms. The van der Waals surface area contributed by atoms with Gasteiger partial charge in [0.15, 0.2) is 0 Å². The second-order valence-corrected chi connectivity index (χ2v) is 7.12. The van der Waals surface area contributed by atoms with Crippen molar-refractivity contribution in [2.75, 3.05) is 33.4 Å². The predicted molar refractivity (Wildman–Crippen MR) is 103 cm³/mol. The molecular formula is C22H28FNO2. The molecule has 0 bridgehead atoms. The molecule has 26 heavy (non-hydrogen) atoms. The van der Waals surface area contributed by atoms with Gasteiger partial charge in [0.2, 0.25) is 0 Å². The van der Waals surface area contributed by atoms with Crippen LogP contribution in [0.4, 0.5) is 4.39 Å². The van der Waals surface area contributed by atoms with Gasteiger partial charge in [-0.3, -0.25) is 4.90 Å². The largest absolute Gasteiger partial charge is 0.489 e. The molecule has 1 aliphatic carbocycles. The highest BCUT2D eigenvalue weighted by Crippen LogP contribution is 2.40. The van der Waals surface area contributed by atoms with Crippen LogP contribution in [0.2, 0.25) is 0 Å². The molecule has 3 nitrogen and oxygen atoms in total. The summed E-state index contributed by atoms with van der Waals surface area (Å²) in [6.45, 7) is 6.13. The van der Waals surface area contributed by atoms with Crippen LogP contribution in [0.15, 0.2) is 53.3 Å². The first-order valence-electron chi connectivity index (χ1n) is 9.41. The maximum absolute atomic E-state index is 13.4. The van der Waals surface area contributed by atoms with E-state index >= 15 is 0 Å². The Hall–Kier alpha value is -1.91.